The molecule has 0 atom stereocenters. The maximum atomic E-state index is 12.1. The smallest absolute Gasteiger partial charge is 0.330 e. The molecule has 0 aliphatic rings. The lowest BCUT2D eigenvalue weighted by Gasteiger charge is -2.10. The highest BCUT2D eigenvalue weighted by atomic mass is 16.5. The standard InChI is InChI=1S/C19H20N4O3/c1-3-25-17-7-5-4-6-16(17)13-26-18(24)12-23-21-19(20-22-23)15-10-8-14(2)9-11-15/h4-11H,3,12-13H2,1-2H3. The number of para-hydroxylation sites is 1. The highest BCUT2D eigenvalue weighted by Gasteiger charge is 2.11. The summed E-state index contributed by atoms with van der Waals surface area (Å²) >= 11 is 0. The van der Waals surface area contributed by atoms with Crippen LogP contribution in [0.2, 0.25) is 0 Å². The van der Waals surface area contributed by atoms with Gasteiger partial charge in [-0.2, -0.15) is 4.80 Å². The number of carbonyl (C=O) groups is 1. The zero-order chi connectivity index (χ0) is 18.4. The number of esters is 1. The number of ether oxygens (including phenoxy) is 2. The molecule has 7 heteroatoms. The molecule has 3 aromatic rings. The Balaban J connectivity index is 1.58. The molecule has 1 heterocycles. The molecule has 134 valence electrons. The third kappa shape index (κ3) is 4.44. The Kier molecular flexibility index (Phi) is 5.58. The third-order valence-corrected chi connectivity index (χ3v) is 3.69. The van der Waals surface area contributed by atoms with E-state index in [2.05, 4.69) is 15.4 Å². The fraction of sp³-hybridized carbons (Fsp3) is 0.263. The molecule has 0 unspecified atom stereocenters. The van der Waals surface area contributed by atoms with E-state index >= 15 is 0 Å². The highest BCUT2D eigenvalue weighted by Crippen LogP contribution is 2.19. The van der Waals surface area contributed by atoms with Crippen molar-refractivity contribution in [2.45, 2.75) is 27.0 Å². The minimum Gasteiger partial charge on any atom is -0.493 e. The quantitative estimate of drug-likeness (QED) is 0.608. The van der Waals surface area contributed by atoms with Gasteiger partial charge in [0.2, 0.25) is 5.82 Å². The van der Waals surface area contributed by atoms with Gasteiger partial charge in [-0.1, -0.05) is 48.0 Å². The second-order valence-electron chi connectivity index (χ2n) is 5.71. The highest BCUT2D eigenvalue weighted by molar-refractivity contribution is 5.69. The van der Waals surface area contributed by atoms with E-state index in [4.69, 9.17) is 9.47 Å². The number of carbonyl (C=O) groups excluding carboxylic acids is 1. The van der Waals surface area contributed by atoms with Crippen LogP contribution in [-0.4, -0.2) is 32.8 Å². The Morgan fingerprint density at radius 1 is 1.12 bits per heavy atom. The average molecular weight is 352 g/mol. The average Bonchev–Trinajstić information content (AvgIpc) is 3.10. The third-order valence-electron chi connectivity index (χ3n) is 3.69. The first-order valence-corrected chi connectivity index (χ1v) is 8.37. The van der Waals surface area contributed by atoms with Crippen LogP contribution in [0, 0.1) is 6.92 Å². The van der Waals surface area contributed by atoms with Crippen LogP contribution in [0.1, 0.15) is 18.1 Å². The topological polar surface area (TPSA) is 79.1 Å². The van der Waals surface area contributed by atoms with Gasteiger partial charge in [0.1, 0.15) is 12.4 Å². The van der Waals surface area contributed by atoms with E-state index in [-0.39, 0.29) is 13.2 Å². The van der Waals surface area contributed by atoms with Crippen molar-refractivity contribution < 1.29 is 14.3 Å². The van der Waals surface area contributed by atoms with Gasteiger partial charge in [-0.3, -0.25) is 0 Å². The van der Waals surface area contributed by atoms with Crippen molar-refractivity contribution in [2.24, 2.45) is 0 Å². The molecule has 0 aliphatic heterocycles. The van der Waals surface area contributed by atoms with Crippen LogP contribution in [-0.2, 0) is 22.7 Å². The molecule has 0 bridgehead atoms. The van der Waals surface area contributed by atoms with Crippen molar-refractivity contribution in [3.05, 3.63) is 59.7 Å². The molecule has 0 spiro atoms. The predicted molar refractivity (Wildman–Crippen MR) is 95.4 cm³/mol. The van der Waals surface area contributed by atoms with E-state index in [9.17, 15) is 4.79 Å². The molecule has 26 heavy (non-hydrogen) atoms. The van der Waals surface area contributed by atoms with Crippen LogP contribution in [0.4, 0.5) is 0 Å². The zero-order valence-corrected chi connectivity index (χ0v) is 14.8. The summed E-state index contributed by atoms with van der Waals surface area (Å²) in [6, 6.07) is 15.2. The molecule has 7 nitrogen and oxygen atoms in total. The van der Waals surface area contributed by atoms with Gasteiger partial charge in [-0.05, 0) is 25.1 Å². The molecule has 2 aromatic carbocycles. The van der Waals surface area contributed by atoms with Crippen LogP contribution in [0.5, 0.6) is 5.75 Å². The SMILES string of the molecule is CCOc1ccccc1COC(=O)Cn1nnc(-c2ccc(C)cc2)n1. The van der Waals surface area contributed by atoms with Crippen molar-refractivity contribution in [1.82, 2.24) is 20.2 Å². The van der Waals surface area contributed by atoms with E-state index in [1.54, 1.807) is 0 Å². The molecule has 3 rings (SSSR count). The number of hydrogen-bond donors (Lipinski definition) is 0. The number of benzene rings is 2. The molecule has 0 aliphatic carbocycles. The normalized spacial score (nSPS) is 10.5. The molecule has 0 radical (unpaired) electrons. The number of tetrazole rings is 1. The minimum atomic E-state index is -0.441. The summed E-state index contributed by atoms with van der Waals surface area (Å²) in [5.41, 5.74) is 2.81. The summed E-state index contributed by atoms with van der Waals surface area (Å²) in [5.74, 6) is 0.743. The van der Waals surface area contributed by atoms with Crippen LogP contribution in [0.15, 0.2) is 48.5 Å². The molecule has 1 aromatic heterocycles. The van der Waals surface area contributed by atoms with Gasteiger partial charge in [-0.25, -0.2) is 4.79 Å². The number of rotatable bonds is 7. The van der Waals surface area contributed by atoms with Gasteiger partial charge in [0.25, 0.3) is 0 Å². The first kappa shape index (κ1) is 17.6. The second-order valence-corrected chi connectivity index (χ2v) is 5.71. The largest absolute Gasteiger partial charge is 0.493 e. The summed E-state index contributed by atoms with van der Waals surface area (Å²) in [4.78, 5) is 13.3. The van der Waals surface area contributed by atoms with Crippen LogP contribution in [0.25, 0.3) is 11.4 Å². The second kappa shape index (κ2) is 8.24. The number of aromatic nitrogens is 4. The van der Waals surface area contributed by atoms with Crippen molar-refractivity contribution in [3.8, 4) is 17.1 Å². The lowest BCUT2D eigenvalue weighted by molar-refractivity contribution is -0.146. The van der Waals surface area contributed by atoms with Gasteiger partial charge in [0.15, 0.2) is 6.54 Å². The molecule has 0 N–H and O–H groups in total. The van der Waals surface area contributed by atoms with E-state index < -0.39 is 5.97 Å². The molecular formula is C19H20N4O3. The van der Waals surface area contributed by atoms with E-state index in [0.717, 1.165) is 16.7 Å². The lowest BCUT2D eigenvalue weighted by atomic mass is 10.1. The van der Waals surface area contributed by atoms with Crippen LogP contribution >= 0.6 is 0 Å². The predicted octanol–water partition coefficient (Wildman–Crippen LogP) is 2.79. The van der Waals surface area contributed by atoms with E-state index in [0.29, 0.717) is 18.2 Å². The fourth-order valence-corrected chi connectivity index (χ4v) is 2.37. The Morgan fingerprint density at radius 3 is 2.65 bits per heavy atom. The molecular weight excluding hydrogens is 332 g/mol. The van der Waals surface area contributed by atoms with Crippen molar-refractivity contribution in [2.75, 3.05) is 6.61 Å². The molecule has 0 amide bonds. The van der Waals surface area contributed by atoms with E-state index in [1.807, 2.05) is 62.4 Å². The summed E-state index contributed by atoms with van der Waals surface area (Å²) < 4.78 is 10.8. The number of hydrogen-bond acceptors (Lipinski definition) is 6. The van der Waals surface area contributed by atoms with Gasteiger partial charge < -0.3 is 9.47 Å². The summed E-state index contributed by atoms with van der Waals surface area (Å²) in [5, 5.41) is 12.1. The van der Waals surface area contributed by atoms with Crippen LogP contribution in [0.3, 0.4) is 0 Å². The monoisotopic (exact) mass is 352 g/mol. The van der Waals surface area contributed by atoms with Crippen molar-refractivity contribution >= 4 is 5.97 Å². The van der Waals surface area contributed by atoms with Crippen molar-refractivity contribution in [1.29, 1.82) is 0 Å². The number of aryl methyl sites for hydroxylation is 1. The fourth-order valence-electron chi connectivity index (χ4n) is 2.37. The Labute approximate surface area is 151 Å². The van der Waals surface area contributed by atoms with Gasteiger partial charge >= 0.3 is 5.97 Å². The maximum Gasteiger partial charge on any atom is 0.330 e. The molecule has 0 saturated heterocycles. The van der Waals surface area contributed by atoms with Crippen LogP contribution < -0.4 is 4.74 Å². The maximum absolute atomic E-state index is 12.1. The zero-order valence-electron chi connectivity index (χ0n) is 14.8. The van der Waals surface area contributed by atoms with Gasteiger partial charge in [-0.15, -0.1) is 10.2 Å². The summed E-state index contributed by atoms with van der Waals surface area (Å²) in [6.45, 7) is 4.50. The van der Waals surface area contributed by atoms with E-state index in [1.165, 1.54) is 4.80 Å². The first-order valence-electron chi connectivity index (χ1n) is 8.37. The number of nitrogens with zero attached hydrogens (tertiary/aromatic N) is 4. The first-order chi connectivity index (χ1) is 12.7. The summed E-state index contributed by atoms with van der Waals surface area (Å²) in [7, 11) is 0. The van der Waals surface area contributed by atoms with Gasteiger partial charge in [0.05, 0.1) is 6.61 Å². The Morgan fingerprint density at radius 2 is 1.88 bits per heavy atom. The van der Waals surface area contributed by atoms with Gasteiger partial charge in [0, 0.05) is 11.1 Å². The molecule has 0 fully saturated rings. The lowest BCUT2D eigenvalue weighted by Crippen LogP contribution is -2.16. The Bertz CT molecular complexity index is 875. The minimum absolute atomic E-state index is 0.102. The van der Waals surface area contributed by atoms with Crippen molar-refractivity contribution in [3.63, 3.8) is 0 Å². The summed E-state index contributed by atoms with van der Waals surface area (Å²) in [6.07, 6.45) is 0. The Hall–Kier alpha value is -3.22. The molecule has 0 saturated carbocycles.